The highest BCUT2D eigenvalue weighted by molar-refractivity contribution is 5.73. The monoisotopic (exact) mass is 464 g/mol. The lowest BCUT2D eigenvalue weighted by molar-refractivity contribution is -0.177. The van der Waals surface area contributed by atoms with Crippen molar-refractivity contribution in [3.63, 3.8) is 0 Å². The topological polar surface area (TPSA) is 59.6 Å². The van der Waals surface area contributed by atoms with E-state index < -0.39 is 31.6 Å². The number of nitrogens with one attached hydrogen (secondary N) is 2. The number of hydrogen-bond acceptors (Lipinski definition) is 3. The van der Waals surface area contributed by atoms with Gasteiger partial charge in [-0.25, -0.2) is 4.79 Å². The van der Waals surface area contributed by atoms with Crippen LogP contribution in [0.4, 0.5) is 31.1 Å². The first-order valence-corrected chi connectivity index (χ1v) is 9.46. The van der Waals surface area contributed by atoms with Crippen molar-refractivity contribution in [2.45, 2.75) is 38.7 Å². The number of urea groups is 1. The summed E-state index contributed by atoms with van der Waals surface area (Å²) in [5.41, 5.74) is 2.66. The Bertz CT molecular complexity index is 767. The fourth-order valence-corrected chi connectivity index (χ4v) is 2.50. The van der Waals surface area contributed by atoms with Crippen LogP contribution >= 0.6 is 0 Å². The summed E-state index contributed by atoms with van der Waals surface area (Å²) in [4.78, 5) is 11.9. The molecule has 0 spiro atoms. The molecule has 0 radical (unpaired) electrons. The summed E-state index contributed by atoms with van der Waals surface area (Å²) >= 11 is 0. The molecule has 0 atom stereocenters. The number of alkyl halides is 6. The summed E-state index contributed by atoms with van der Waals surface area (Å²) in [6.45, 7) is -2.53. The average molecular weight is 464 g/mol. The van der Waals surface area contributed by atoms with Crippen molar-refractivity contribution >= 4 is 6.03 Å². The molecular weight excluding hydrogens is 442 g/mol. The SMILES string of the molecule is O=C(NCc1ccc(COCC(F)(F)F)cc1)NCc1ccc(COCC(F)(F)F)cc1. The maximum atomic E-state index is 12.1. The van der Waals surface area contributed by atoms with Crippen molar-refractivity contribution in [2.75, 3.05) is 13.2 Å². The highest BCUT2D eigenvalue weighted by Gasteiger charge is 2.27. The van der Waals surface area contributed by atoms with E-state index in [2.05, 4.69) is 20.1 Å². The molecule has 2 aromatic rings. The van der Waals surface area contributed by atoms with Gasteiger partial charge in [0.1, 0.15) is 13.2 Å². The number of amides is 2. The van der Waals surface area contributed by atoms with E-state index in [1.807, 2.05) is 0 Å². The number of benzene rings is 2. The van der Waals surface area contributed by atoms with Gasteiger partial charge in [0, 0.05) is 13.1 Å². The first-order valence-electron chi connectivity index (χ1n) is 9.46. The van der Waals surface area contributed by atoms with Crippen molar-refractivity contribution in [3.8, 4) is 0 Å². The molecule has 0 unspecified atom stereocenters. The van der Waals surface area contributed by atoms with Gasteiger partial charge in [0.25, 0.3) is 0 Å². The van der Waals surface area contributed by atoms with E-state index in [0.29, 0.717) is 11.1 Å². The van der Waals surface area contributed by atoms with Crippen molar-refractivity contribution in [3.05, 3.63) is 70.8 Å². The van der Waals surface area contributed by atoms with Crippen LogP contribution in [0.25, 0.3) is 0 Å². The third-order valence-corrected chi connectivity index (χ3v) is 4.02. The summed E-state index contributed by atoms with van der Waals surface area (Å²) < 4.78 is 81.5. The number of carbonyl (C=O) groups excluding carboxylic acids is 1. The number of ether oxygens (including phenoxy) is 2. The Hall–Kier alpha value is -2.79. The van der Waals surface area contributed by atoms with Crippen LogP contribution in [0.15, 0.2) is 48.5 Å². The van der Waals surface area contributed by atoms with Crippen LogP contribution in [0.3, 0.4) is 0 Å². The molecule has 2 aromatic carbocycles. The molecule has 0 heterocycles. The van der Waals surface area contributed by atoms with E-state index in [0.717, 1.165) is 11.1 Å². The van der Waals surface area contributed by atoms with Crippen molar-refractivity contribution in [2.24, 2.45) is 0 Å². The standard InChI is InChI=1S/C21H22F6N2O3/c22-20(23,24)13-31-11-17-5-1-15(2-6-17)9-28-19(30)29-10-16-3-7-18(8-4-16)12-32-14-21(25,26)27/h1-8H,9-14H2,(H2,28,29,30). The van der Waals surface area contributed by atoms with Gasteiger partial charge in [-0.05, 0) is 22.3 Å². The second-order valence-corrected chi connectivity index (χ2v) is 6.89. The Morgan fingerprint density at radius 3 is 1.25 bits per heavy atom. The molecule has 2 N–H and O–H groups in total. The molecule has 176 valence electrons. The fraction of sp³-hybridized carbons (Fsp3) is 0.381. The van der Waals surface area contributed by atoms with Gasteiger partial charge in [-0.1, -0.05) is 48.5 Å². The zero-order chi connectivity index (χ0) is 23.6. The number of rotatable bonds is 10. The van der Waals surface area contributed by atoms with Crippen molar-refractivity contribution in [1.29, 1.82) is 0 Å². The van der Waals surface area contributed by atoms with Gasteiger partial charge in [0.15, 0.2) is 0 Å². The second kappa shape index (κ2) is 11.7. The molecule has 0 aliphatic carbocycles. The van der Waals surface area contributed by atoms with Crippen molar-refractivity contribution < 1.29 is 40.6 Å². The van der Waals surface area contributed by atoms with Crippen LogP contribution in [0.2, 0.25) is 0 Å². The smallest absolute Gasteiger partial charge is 0.367 e. The van der Waals surface area contributed by atoms with Crippen LogP contribution in [-0.4, -0.2) is 31.6 Å². The first-order chi connectivity index (χ1) is 15.0. The van der Waals surface area contributed by atoms with E-state index in [9.17, 15) is 31.1 Å². The minimum atomic E-state index is -4.37. The molecule has 11 heteroatoms. The highest BCUT2D eigenvalue weighted by Crippen LogP contribution is 2.17. The minimum Gasteiger partial charge on any atom is -0.367 e. The molecule has 2 rings (SSSR count). The van der Waals surface area contributed by atoms with E-state index >= 15 is 0 Å². The van der Waals surface area contributed by atoms with Gasteiger partial charge in [0.05, 0.1) is 13.2 Å². The predicted octanol–water partition coefficient (Wildman–Crippen LogP) is 4.84. The third kappa shape index (κ3) is 11.0. The molecule has 0 fully saturated rings. The van der Waals surface area contributed by atoms with Crippen LogP contribution in [-0.2, 0) is 35.8 Å². The molecule has 5 nitrogen and oxygen atoms in total. The Balaban J connectivity index is 1.66. The summed E-state index contributed by atoms with van der Waals surface area (Å²) in [7, 11) is 0. The predicted molar refractivity (Wildman–Crippen MR) is 103 cm³/mol. The lowest BCUT2D eigenvalue weighted by atomic mass is 10.1. The normalized spacial score (nSPS) is 11.9. The van der Waals surface area contributed by atoms with Gasteiger partial charge < -0.3 is 20.1 Å². The maximum Gasteiger partial charge on any atom is 0.411 e. The minimum absolute atomic E-state index is 0.166. The largest absolute Gasteiger partial charge is 0.411 e. The number of halogens is 6. The quantitative estimate of drug-likeness (QED) is 0.495. The Labute approximate surface area is 180 Å². The molecule has 0 aliphatic heterocycles. The van der Waals surface area contributed by atoms with Crippen LogP contribution < -0.4 is 10.6 Å². The summed E-state index contributed by atoms with van der Waals surface area (Å²) in [5, 5.41) is 5.30. The first kappa shape index (κ1) is 25.5. The van der Waals surface area contributed by atoms with E-state index in [1.165, 1.54) is 0 Å². The molecule has 0 aliphatic rings. The molecule has 2 amide bonds. The van der Waals surface area contributed by atoms with E-state index in [1.54, 1.807) is 48.5 Å². The lowest BCUT2D eigenvalue weighted by Gasteiger charge is -2.10. The lowest BCUT2D eigenvalue weighted by Crippen LogP contribution is -2.34. The summed E-state index contributed by atoms with van der Waals surface area (Å²) in [6, 6.07) is 12.7. The molecule has 0 bridgehead atoms. The molecular formula is C21H22F6N2O3. The fourth-order valence-electron chi connectivity index (χ4n) is 2.50. The van der Waals surface area contributed by atoms with Crippen LogP contribution in [0.5, 0.6) is 0 Å². The van der Waals surface area contributed by atoms with Crippen LogP contribution in [0.1, 0.15) is 22.3 Å². The number of hydrogen-bond donors (Lipinski definition) is 2. The zero-order valence-electron chi connectivity index (χ0n) is 16.9. The Morgan fingerprint density at radius 1 is 0.625 bits per heavy atom. The molecule has 32 heavy (non-hydrogen) atoms. The average Bonchev–Trinajstić information content (AvgIpc) is 2.71. The second-order valence-electron chi connectivity index (χ2n) is 6.89. The summed E-state index contributed by atoms with van der Waals surface area (Å²) in [5.74, 6) is 0. The molecule has 0 aromatic heterocycles. The van der Waals surface area contributed by atoms with Gasteiger partial charge in [-0.3, -0.25) is 0 Å². The van der Waals surface area contributed by atoms with Crippen LogP contribution in [0, 0.1) is 0 Å². The van der Waals surface area contributed by atoms with Gasteiger partial charge >= 0.3 is 18.4 Å². The molecule has 0 saturated heterocycles. The summed E-state index contributed by atoms with van der Waals surface area (Å²) in [6.07, 6.45) is -8.74. The van der Waals surface area contributed by atoms with Crippen molar-refractivity contribution in [1.82, 2.24) is 10.6 Å². The van der Waals surface area contributed by atoms with E-state index in [4.69, 9.17) is 0 Å². The van der Waals surface area contributed by atoms with E-state index in [-0.39, 0.29) is 26.3 Å². The molecule has 0 saturated carbocycles. The Kier molecular flexibility index (Phi) is 9.33. The Morgan fingerprint density at radius 2 is 0.938 bits per heavy atom. The third-order valence-electron chi connectivity index (χ3n) is 4.02. The van der Waals surface area contributed by atoms with Gasteiger partial charge in [0.2, 0.25) is 0 Å². The highest BCUT2D eigenvalue weighted by atomic mass is 19.4. The zero-order valence-corrected chi connectivity index (χ0v) is 16.9. The number of carbonyl (C=O) groups is 1. The van der Waals surface area contributed by atoms with Gasteiger partial charge in [-0.15, -0.1) is 0 Å². The maximum absolute atomic E-state index is 12.1. The van der Waals surface area contributed by atoms with Gasteiger partial charge in [-0.2, -0.15) is 26.3 Å².